The van der Waals surface area contributed by atoms with Crippen molar-refractivity contribution in [1.29, 1.82) is 0 Å². The van der Waals surface area contributed by atoms with Crippen LogP contribution in [0, 0.1) is 17.0 Å². The smallest absolute Gasteiger partial charge is 0.345 e. The SMILES string of the molecule is COC(=O)c1cc(C)nc(C(F)F)c1[N+](=O)[O-]. The average Bonchev–Trinajstić information content (AvgIpc) is 2.26. The van der Waals surface area contributed by atoms with Gasteiger partial charge in [0.1, 0.15) is 5.56 Å². The molecule has 0 spiro atoms. The van der Waals surface area contributed by atoms with Crippen molar-refractivity contribution in [2.75, 3.05) is 7.11 Å². The summed E-state index contributed by atoms with van der Waals surface area (Å²) in [6, 6.07) is 1.04. The molecule has 1 aromatic rings. The summed E-state index contributed by atoms with van der Waals surface area (Å²) >= 11 is 0. The molecule has 92 valence electrons. The van der Waals surface area contributed by atoms with Crippen molar-refractivity contribution in [3.63, 3.8) is 0 Å². The maximum Gasteiger partial charge on any atom is 0.345 e. The highest BCUT2D eigenvalue weighted by molar-refractivity contribution is 5.94. The largest absolute Gasteiger partial charge is 0.465 e. The van der Waals surface area contributed by atoms with Crippen LogP contribution in [0.15, 0.2) is 6.07 Å². The molecule has 0 aliphatic rings. The molecule has 0 aliphatic heterocycles. The lowest BCUT2D eigenvalue weighted by Crippen LogP contribution is -2.11. The Labute approximate surface area is 94.4 Å². The van der Waals surface area contributed by atoms with Gasteiger partial charge in [0.15, 0.2) is 5.69 Å². The molecule has 1 rings (SSSR count). The third-order valence-corrected chi connectivity index (χ3v) is 1.94. The van der Waals surface area contributed by atoms with Crippen LogP contribution in [0.1, 0.15) is 28.2 Å². The lowest BCUT2D eigenvalue weighted by molar-refractivity contribution is -0.387. The molecule has 0 saturated heterocycles. The van der Waals surface area contributed by atoms with E-state index in [1.165, 1.54) is 6.92 Å². The van der Waals surface area contributed by atoms with Crippen LogP contribution in [0.4, 0.5) is 14.5 Å². The van der Waals surface area contributed by atoms with E-state index in [0.29, 0.717) is 0 Å². The van der Waals surface area contributed by atoms with E-state index in [4.69, 9.17) is 0 Å². The number of alkyl halides is 2. The molecular formula is C9H8F2N2O4. The summed E-state index contributed by atoms with van der Waals surface area (Å²) in [4.78, 5) is 24.3. The minimum absolute atomic E-state index is 0.0753. The number of pyridine rings is 1. The normalized spacial score (nSPS) is 10.4. The molecule has 0 radical (unpaired) electrons. The molecule has 1 aromatic heterocycles. The number of hydrogen-bond acceptors (Lipinski definition) is 5. The first kappa shape index (κ1) is 12.9. The molecule has 17 heavy (non-hydrogen) atoms. The van der Waals surface area contributed by atoms with E-state index in [9.17, 15) is 23.7 Å². The molecular weight excluding hydrogens is 238 g/mol. The Morgan fingerprint density at radius 2 is 2.18 bits per heavy atom. The Morgan fingerprint density at radius 3 is 2.59 bits per heavy atom. The number of ether oxygens (including phenoxy) is 1. The van der Waals surface area contributed by atoms with Gasteiger partial charge in [0.05, 0.1) is 12.0 Å². The Hall–Kier alpha value is -2.12. The van der Waals surface area contributed by atoms with Gasteiger partial charge < -0.3 is 4.74 Å². The molecule has 0 aromatic carbocycles. The van der Waals surface area contributed by atoms with Crippen molar-refractivity contribution in [2.45, 2.75) is 13.3 Å². The molecule has 0 unspecified atom stereocenters. The Morgan fingerprint density at radius 1 is 1.59 bits per heavy atom. The number of hydrogen-bond donors (Lipinski definition) is 0. The van der Waals surface area contributed by atoms with Crippen LogP contribution >= 0.6 is 0 Å². The number of nitro groups is 1. The molecule has 1 heterocycles. The number of methoxy groups -OCH3 is 1. The van der Waals surface area contributed by atoms with Crippen molar-refractivity contribution in [2.24, 2.45) is 0 Å². The van der Waals surface area contributed by atoms with Crippen LogP contribution in [0.2, 0.25) is 0 Å². The lowest BCUT2D eigenvalue weighted by Gasteiger charge is -2.06. The zero-order valence-corrected chi connectivity index (χ0v) is 8.94. The number of halogens is 2. The van der Waals surface area contributed by atoms with Crippen LogP contribution < -0.4 is 0 Å². The van der Waals surface area contributed by atoms with Crippen LogP contribution in [0.3, 0.4) is 0 Å². The number of esters is 1. The third kappa shape index (κ3) is 2.52. The van der Waals surface area contributed by atoms with Crippen LogP contribution in [0.25, 0.3) is 0 Å². The molecule has 0 amide bonds. The maximum atomic E-state index is 12.6. The van der Waals surface area contributed by atoms with Gasteiger partial charge in [-0.05, 0) is 13.0 Å². The summed E-state index contributed by atoms with van der Waals surface area (Å²) in [6.45, 7) is 1.35. The first-order chi connectivity index (χ1) is 7.88. The van der Waals surface area contributed by atoms with Crippen LogP contribution in [0.5, 0.6) is 0 Å². The zero-order chi connectivity index (χ0) is 13.2. The molecule has 0 bridgehead atoms. The standard InChI is InChI=1S/C9H8F2N2O4/c1-4-3-5(9(14)17-2)7(13(15)16)6(12-4)8(10)11/h3,8H,1-2H3. The molecule has 0 atom stereocenters. The van der Waals surface area contributed by atoms with Gasteiger partial charge in [-0.1, -0.05) is 0 Å². The summed E-state index contributed by atoms with van der Waals surface area (Å²) < 4.78 is 29.5. The topological polar surface area (TPSA) is 82.3 Å². The highest BCUT2D eigenvalue weighted by atomic mass is 19.3. The monoisotopic (exact) mass is 246 g/mol. The second kappa shape index (κ2) is 4.81. The minimum atomic E-state index is -3.14. The molecule has 8 heteroatoms. The first-order valence-corrected chi connectivity index (χ1v) is 4.40. The summed E-state index contributed by atoms with van der Waals surface area (Å²) in [5.74, 6) is -1.05. The average molecular weight is 246 g/mol. The van der Waals surface area contributed by atoms with Crippen molar-refractivity contribution in [3.8, 4) is 0 Å². The van der Waals surface area contributed by atoms with E-state index in [1.54, 1.807) is 0 Å². The summed E-state index contributed by atoms with van der Waals surface area (Å²) in [5, 5.41) is 10.7. The van der Waals surface area contributed by atoms with Crippen LogP contribution in [-0.4, -0.2) is 23.0 Å². The Bertz CT molecular complexity index is 476. The predicted octanol–water partition coefficient (Wildman–Crippen LogP) is 2.02. The van der Waals surface area contributed by atoms with Gasteiger partial charge in [0.25, 0.3) is 6.43 Å². The lowest BCUT2D eigenvalue weighted by atomic mass is 10.1. The van der Waals surface area contributed by atoms with Gasteiger partial charge in [-0.3, -0.25) is 10.1 Å². The number of aromatic nitrogens is 1. The quantitative estimate of drug-likeness (QED) is 0.463. The number of rotatable bonds is 3. The van der Waals surface area contributed by atoms with E-state index in [0.717, 1.165) is 13.2 Å². The fourth-order valence-electron chi connectivity index (χ4n) is 1.30. The van der Waals surface area contributed by atoms with Crippen LogP contribution in [-0.2, 0) is 4.74 Å². The number of carbonyl (C=O) groups excluding carboxylic acids is 1. The van der Waals surface area contributed by atoms with Gasteiger partial charge in [-0.2, -0.15) is 0 Å². The van der Waals surface area contributed by atoms with Gasteiger partial charge in [-0.25, -0.2) is 18.6 Å². The number of carbonyl (C=O) groups is 1. The number of nitrogens with zero attached hydrogens (tertiary/aromatic N) is 2. The van der Waals surface area contributed by atoms with Gasteiger partial charge >= 0.3 is 11.7 Å². The summed E-state index contributed by atoms with van der Waals surface area (Å²) in [7, 11) is 1.00. The van der Waals surface area contributed by atoms with E-state index in [-0.39, 0.29) is 5.69 Å². The Kier molecular flexibility index (Phi) is 3.66. The van der Waals surface area contributed by atoms with Gasteiger partial charge in [0.2, 0.25) is 0 Å². The highest BCUT2D eigenvalue weighted by Crippen LogP contribution is 2.31. The molecule has 0 fully saturated rings. The highest BCUT2D eigenvalue weighted by Gasteiger charge is 2.31. The molecule has 6 nitrogen and oxygen atoms in total. The molecule has 0 N–H and O–H groups in total. The van der Waals surface area contributed by atoms with Gasteiger partial charge in [0, 0.05) is 5.69 Å². The van der Waals surface area contributed by atoms with Crippen molar-refractivity contribution in [1.82, 2.24) is 4.98 Å². The predicted molar refractivity (Wildman–Crippen MR) is 51.9 cm³/mol. The first-order valence-electron chi connectivity index (χ1n) is 4.40. The van der Waals surface area contributed by atoms with E-state index < -0.39 is 34.3 Å². The molecule has 0 saturated carbocycles. The van der Waals surface area contributed by atoms with E-state index >= 15 is 0 Å². The Balaban J connectivity index is 3.57. The fraction of sp³-hybridized carbons (Fsp3) is 0.333. The van der Waals surface area contributed by atoms with Crippen molar-refractivity contribution < 1.29 is 23.2 Å². The number of aryl methyl sites for hydroxylation is 1. The van der Waals surface area contributed by atoms with Crippen molar-refractivity contribution in [3.05, 3.63) is 33.1 Å². The van der Waals surface area contributed by atoms with Crippen molar-refractivity contribution >= 4 is 11.7 Å². The molecule has 0 aliphatic carbocycles. The van der Waals surface area contributed by atoms with E-state index in [1.807, 2.05) is 0 Å². The van der Waals surface area contributed by atoms with Gasteiger partial charge in [-0.15, -0.1) is 0 Å². The second-order valence-corrected chi connectivity index (χ2v) is 3.09. The van der Waals surface area contributed by atoms with E-state index in [2.05, 4.69) is 9.72 Å². The minimum Gasteiger partial charge on any atom is -0.465 e. The fourth-order valence-corrected chi connectivity index (χ4v) is 1.30. The zero-order valence-electron chi connectivity index (χ0n) is 8.94. The summed E-state index contributed by atoms with van der Waals surface area (Å²) in [5.41, 5.74) is -2.50. The third-order valence-electron chi connectivity index (χ3n) is 1.94. The maximum absolute atomic E-state index is 12.6. The second-order valence-electron chi connectivity index (χ2n) is 3.09. The summed E-state index contributed by atoms with van der Waals surface area (Å²) in [6.07, 6.45) is -3.14.